The van der Waals surface area contributed by atoms with Crippen molar-refractivity contribution in [1.82, 2.24) is 0 Å². The zero-order chi connectivity index (χ0) is 15.8. The number of carbonyl (C=O) groups excluding carboxylic acids is 2. The summed E-state index contributed by atoms with van der Waals surface area (Å²) in [5.74, 6) is -0.317. The van der Waals surface area contributed by atoms with E-state index in [0.29, 0.717) is 21.5 Å². The van der Waals surface area contributed by atoms with Crippen LogP contribution in [-0.4, -0.2) is 36.0 Å². The second-order valence-electron chi connectivity index (χ2n) is 4.02. The van der Waals surface area contributed by atoms with Gasteiger partial charge in [0.2, 0.25) is 5.91 Å². The van der Waals surface area contributed by atoms with E-state index in [-0.39, 0.29) is 18.3 Å². The number of anilines is 1. The molecule has 0 aliphatic carbocycles. The molecule has 0 fully saturated rings. The summed E-state index contributed by atoms with van der Waals surface area (Å²) in [6, 6.07) is 4.21. The van der Waals surface area contributed by atoms with Crippen LogP contribution in [0.2, 0.25) is 10.0 Å². The zero-order valence-corrected chi connectivity index (χ0v) is 13.7. The second-order valence-corrected chi connectivity index (χ2v) is 5.86. The standard InChI is InChI=1S/C13H16Cl2N2O3S/c1-2-20-13(19)10(16)6-21-7-11(18)17-12-8(14)4-3-5-9(12)15/h3-5,10H,2,6-7,16H2,1H3,(H,17,18). The second kappa shape index (κ2) is 9.15. The number of amides is 1. The first-order valence-electron chi connectivity index (χ1n) is 6.19. The maximum Gasteiger partial charge on any atom is 0.323 e. The maximum absolute atomic E-state index is 11.8. The van der Waals surface area contributed by atoms with Gasteiger partial charge in [-0.05, 0) is 19.1 Å². The van der Waals surface area contributed by atoms with E-state index < -0.39 is 12.0 Å². The Balaban J connectivity index is 2.40. The Hall–Kier alpha value is -0.950. The molecule has 1 unspecified atom stereocenters. The van der Waals surface area contributed by atoms with Gasteiger partial charge in [-0.1, -0.05) is 29.3 Å². The Morgan fingerprint density at radius 1 is 1.38 bits per heavy atom. The molecular weight excluding hydrogens is 335 g/mol. The highest BCUT2D eigenvalue weighted by molar-refractivity contribution is 8.00. The van der Waals surface area contributed by atoms with Crippen LogP contribution in [-0.2, 0) is 14.3 Å². The molecule has 0 bridgehead atoms. The lowest BCUT2D eigenvalue weighted by Gasteiger charge is -2.11. The van der Waals surface area contributed by atoms with Crippen molar-refractivity contribution in [2.75, 3.05) is 23.4 Å². The molecule has 3 N–H and O–H groups in total. The van der Waals surface area contributed by atoms with Crippen LogP contribution in [0.5, 0.6) is 0 Å². The van der Waals surface area contributed by atoms with Crippen LogP contribution >= 0.6 is 35.0 Å². The Labute approximate surface area is 137 Å². The molecule has 0 spiro atoms. The number of carbonyl (C=O) groups is 2. The molecule has 8 heteroatoms. The number of rotatable bonds is 7. The summed E-state index contributed by atoms with van der Waals surface area (Å²) in [6.45, 7) is 1.99. The molecule has 21 heavy (non-hydrogen) atoms. The highest BCUT2D eigenvalue weighted by atomic mass is 35.5. The lowest BCUT2D eigenvalue weighted by atomic mass is 10.3. The number of ether oxygens (including phenoxy) is 1. The van der Waals surface area contributed by atoms with Gasteiger partial charge in [0, 0.05) is 5.75 Å². The van der Waals surface area contributed by atoms with Crippen LogP contribution in [0.1, 0.15) is 6.92 Å². The van der Waals surface area contributed by atoms with Gasteiger partial charge in [-0.25, -0.2) is 0 Å². The summed E-state index contributed by atoms with van der Waals surface area (Å²) >= 11 is 13.1. The molecule has 5 nitrogen and oxygen atoms in total. The number of benzene rings is 1. The van der Waals surface area contributed by atoms with Crippen LogP contribution in [0.3, 0.4) is 0 Å². The Morgan fingerprint density at radius 3 is 2.57 bits per heavy atom. The molecule has 1 amide bonds. The molecule has 0 saturated carbocycles. The Morgan fingerprint density at radius 2 is 2.00 bits per heavy atom. The van der Waals surface area contributed by atoms with Crippen molar-refractivity contribution in [3.05, 3.63) is 28.2 Å². The Kier molecular flexibility index (Phi) is 7.88. The van der Waals surface area contributed by atoms with E-state index in [0.717, 1.165) is 0 Å². The molecule has 0 aliphatic heterocycles. The number of nitrogens with one attached hydrogen (secondary N) is 1. The van der Waals surface area contributed by atoms with Gasteiger partial charge in [-0.3, -0.25) is 9.59 Å². The highest BCUT2D eigenvalue weighted by Crippen LogP contribution is 2.29. The predicted octanol–water partition coefficient (Wildman–Crippen LogP) is 2.56. The summed E-state index contributed by atoms with van der Waals surface area (Å²) in [4.78, 5) is 23.1. The maximum atomic E-state index is 11.8. The average Bonchev–Trinajstić information content (AvgIpc) is 2.43. The molecule has 1 rings (SSSR count). The first-order chi connectivity index (χ1) is 9.95. The molecule has 0 aliphatic rings. The van der Waals surface area contributed by atoms with Crippen molar-refractivity contribution in [3.63, 3.8) is 0 Å². The van der Waals surface area contributed by atoms with Crippen LogP contribution in [0.4, 0.5) is 5.69 Å². The zero-order valence-electron chi connectivity index (χ0n) is 11.4. The van der Waals surface area contributed by atoms with Crippen molar-refractivity contribution in [2.45, 2.75) is 13.0 Å². The third kappa shape index (κ3) is 6.13. The lowest BCUT2D eigenvalue weighted by molar-refractivity contribution is -0.144. The van der Waals surface area contributed by atoms with E-state index in [1.807, 2.05) is 0 Å². The van der Waals surface area contributed by atoms with Crippen molar-refractivity contribution >= 4 is 52.5 Å². The smallest absolute Gasteiger partial charge is 0.323 e. The number of halogens is 2. The normalized spacial score (nSPS) is 11.8. The van der Waals surface area contributed by atoms with Crippen molar-refractivity contribution < 1.29 is 14.3 Å². The van der Waals surface area contributed by atoms with E-state index in [4.69, 9.17) is 33.7 Å². The van der Waals surface area contributed by atoms with E-state index in [2.05, 4.69) is 5.32 Å². The van der Waals surface area contributed by atoms with Gasteiger partial charge in [0.25, 0.3) is 0 Å². The lowest BCUT2D eigenvalue weighted by Crippen LogP contribution is -2.35. The molecule has 0 heterocycles. The van der Waals surface area contributed by atoms with Crippen molar-refractivity contribution in [1.29, 1.82) is 0 Å². The van der Waals surface area contributed by atoms with Gasteiger partial charge in [0.05, 0.1) is 28.1 Å². The van der Waals surface area contributed by atoms with Gasteiger partial charge in [-0.15, -0.1) is 11.8 Å². The monoisotopic (exact) mass is 350 g/mol. The number of hydrogen-bond donors (Lipinski definition) is 2. The fraction of sp³-hybridized carbons (Fsp3) is 0.385. The SMILES string of the molecule is CCOC(=O)C(N)CSCC(=O)Nc1c(Cl)cccc1Cl. The van der Waals surface area contributed by atoms with Gasteiger partial charge in [0.15, 0.2) is 0 Å². The minimum absolute atomic E-state index is 0.134. The molecule has 116 valence electrons. The summed E-state index contributed by atoms with van der Waals surface area (Å²) in [7, 11) is 0. The summed E-state index contributed by atoms with van der Waals surface area (Å²) in [6.07, 6.45) is 0. The first-order valence-corrected chi connectivity index (χ1v) is 8.10. The van der Waals surface area contributed by atoms with Gasteiger partial charge in [0.1, 0.15) is 6.04 Å². The van der Waals surface area contributed by atoms with Gasteiger partial charge in [-0.2, -0.15) is 0 Å². The Bertz CT molecular complexity index is 494. The van der Waals surface area contributed by atoms with Crippen LogP contribution in [0, 0.1) is 0 Å². The van der Waals surface area contributed by atoms with E-state index in [1.165, 1.54) is 11.8 Å². The van der Waals surface area contributed by atoms with Crippen molar-refractivity contribution in [2.24, 2.45) is 5.73 Å². The number of nitrogens with two attached hydrogens (primary N) is 1. The predicted molar refractivity (Wildman–Crippen MR) is 87.0 cm³/mol. The number of para-hydroxylation sites is 1. The van der Waals surface area contributed by atoms with Crippen LogP contribution in [0.25, 0.3) is 0 Å². The van der Waals surface area contributed by atoms with E-state index in [9.17, 15) is 9.59 Å². The molecule has 0 aromatic heterocycles. The van der Waals surface area contributed by atoms with E-state index in [1.54, 1.807) is 25.1 Å². The highest BCUT2D eigenvalue weighted by Gasteiger charge is 2.15. The molecule has 1 aromatic carbocycles. The van der Waals surface area contributed by atoms with Crippen molar-refractivity contribution in [3.8, 4) is 0 Å². The van der Waals surface area contributed by atoms with Crippen LogP contribution < -0.4 is 11.1 Å². The third-order valence-corrected chi connectivity index (χ3v) is 4.04. The minimum Gasteiger partial charge on any atom is -0.465 e. The fourth-order valence-electron chi connectivity index (χ4n) is 1.39. The quantitative estimate of drug-likeness (QED) is 0.738. The summed E-state index contributed by atoms with van der Waals surface area (Å²) in [5, 5.41) is 3.36. The minimum atomic E-state index is -0.744. The first kappa shape index (κ1) is 18.1. The molecule has 1 atom stereocenters. The topological polar surface area (TPSA) is 81.4 Å². The molecule has 0 saturated heterocycles. The largest absolute Gasteiger partial charge is 0.465 e. The van der Waals surface area contributed by atoms with Crippen LogP contribution in [0.15, 0.2) is 18.2 Å². The van der Waals surface area contributed by atoms with Gasteiger partial charge < -0.3 is 15.8 Å². The van der Waals surface area contributed by atoms with Gasteiger partial charge >= 0.3 is 5.97 Å². The van der Waals surface area contributed by atoms with E-state index >= 15 is 0 Å². The molecule has 0 radical (unpaired) electrons. The third-order valence-electron chi connectivity index (χ3n) is 2.35. The summed E-state index contributed by atoms with van der Waals surface area (Å²) < 4.78 is 4.78. The number of hydrogen-bond acceptors (Lipinski definition) is 5. The summed E-state index contributed by atoms with van der Waals surface area (Å²) in [5.41, 5.74) is 6.00. The fourth-order valence-corrected chi connectivity index (χ4v) is 2.65. The molecular formula is C13H16Cl2N2O3S. The average molecular weight is 351 g/mol. The number of thioether (sulfide) groups is 1. The molecule has 1 aromatic rings. The number of esters is 1.